The lowest BCUT2D eigenvalue weighted by molar-refractivity contribution is -0.136. The van der Waals surface area contributed by atoms with Gasteiger partial charge in [0.1, 0.15) is 11.8 Å². The van der Waals surface area contributed by atoms with E-state index >= 15 is 0 Å². The molecule has 1 aromatic carbocycles. The van der Waals surface area contributed by atoms with Crippen LogP contribution in [0.1, 0.15) is 103 Å². The molecular weight excluding hydrogens is 382 g/mol. The van der Waals surface area contributed by atoms with E-state index in [2.05, 4.69) is 53.7 Å². The van der Waals surface area contributed by atoms with Gasteiger partial charge in [-0.15, -0.1) is 0 Å². The monoisotopic (exact) mass is 425 g/mol. The second kappa shape index (κ2) is 7.90. The minimum atomic E-state index is -0.530. The Morgan fingerprint density at radius 2 is 1.90 bits per heavy atom. The van der Waals surface area contributed by atoms with Gasteiger partial charge in [-0.2, -0.15) is 0 Å². The third-order valence-corrected chi connectivity index (χ3v) is 9.57. The van der Waals surface area contributed by atoms with Gasteiger partial charge in [0.15, 0.2) is 0 Å². The van der Waals surface area contributed by atoms with Crippen LogP contribution in [-0.2, 0) is 16.6 Å². The summed E-state index contributed by atoms with van der Waals surface area (Å²) in [5.41, 5.74) is 11.3. The maximum atomic E-state index is 12.5. The smallest absolute Gasteiger partial charge is 0.328 e. The normalized spacial score (nSPS) is 34.4. The summed E-state index contributed by atoms with van der Waals surface area (Å²) in [6, 6.07) is 3.71. The van der Waals surface area contributed by atoms with Crippen molar-refractivity contribution in [2.75, 3.05) is 0 Å². The van der Waals surface area contributed by atoms with Crippen molar-refractivity contribution in [3.63, 3.8) is 0 Å². The quantitative estimate of drug-likeness (QED) is 0.434. The highest BCUT2D eigenvalue weighted by atomic mass is 16.5. The molecule has 0 heterocycles. The predicted octanol–water partition coefficient (Wildman–Crippen LogP) is 6.47. The summed E-state index contributed by atoms with van der Waals surface area (Å²) in [6.07, 6.45) is 10.5. The van der Waals surface area contributed by atoms with E-state index in [1.165, 1.54) is 48.8 Å². The molecule has 2 N–H and O–H groups in total. The fourth-order valence-corrected chi connectivity index (χ4v) is 8.22. The maximum Gasteiger partial charge on any atom is 0.328 e. The van der Waals surface area contributed by atoms with E-state index in [0.717, 1.165) is 25.2 Å². The molecule has 2 fully saturated rings. The molecule has 4 rings (SSSR count). The number of hydrogen-bond donors (Lipinski definition) is 1. The Kier molecular flexibility index (Phi) is 5.82. The van der Waals surface area contributed by atoms with Gasteiger partial charge in [0, 0.05) is 0 Å². The zero-order valence-electron chi connectivity index (χ0n) is 20.6. The number of fused-ring (bicyclic) bond motifs is 5. The molecule has 172 valence electrons. The number of hydrogen-bond acceptors (Lipinski definition) is 3. The second-order valence-corrected chi connectivity index (χ2v) is 12.1. The van der Waals surface area contributed by atoms with Crippen LogP contribution < -0.4 is 10.5 Å². The summed E-state index contributed by atoms with van der Waals surface area (Å²) in [7, 11) is 0. The van der Waals surface area contributed by atoms with Gasteiger partial charge in [0.05, 0.1) is 0 Å². The number of unbranched alkanes of at least 4 members (excludes halogenated alkanes) is 1. The maximum absolute atomic E-state index is 12.5. The first-order valence-corrected chi connectivity index (χ1v) is 12.6. The lowest BCUT2D eigenvalue weighted by atomic mass is 9.43. The molecule has 3 aliphatic rings. The predicted molar refractivity (Wildman–Crippen MR) is 127 cm³/mol. The number of benzene rings is 1. The van der Waals surface area contributed by atoms with Crippen LogP contribution >= 0.6 is 0 Å². The van der Waals surface area contributed by atoms with Crippen LogP contribution in [0.5, 0.6) is 5.75 Å². The molecular formula is C28H43NO2. The van der Waals surface area contributed by atoms with Crippen molar-refractivity contribution in [2.24, 2.45) is 28.4 Å². The summed E-state index contributed by atoms with van der Waals surface area (Å²) in [5, 5.41) is 0. The minimum absolute atomic E-state index is 0.234. The van der Waals surface area contributed by atoms with Crippen molar-refractivity contribution in [3.05, 3.63) is 28.8 Å². The molecule has 0 bridgehead atoms. The van der Waals surface area contributed by atoms with Crippen molar-refractivity contribution in [2.45, 2.75) is 111 Å². The largest absolute Gasteiger partial charge is 0.425 e. The summed E-state index contributed by atoms with van der Waals surface area (Å²) in [5.74, 6) is 1.86. The highest BCUT2D eigenvalue weighted by Crippen LogP contribution is 2.67. The van der Waals surface area contributed by atoms with E-state index in [0.29, 0.717) is 28.9 Å². The van der Waals surface area contributed by atoms with E-state index in [1.54, 1.807) is 0 Å². The average Bonchev–Trinajstić information content (AvgIpc) is 2.99. The highest BCUT2D eigenvalue weighted by molar-refractivity contribution is 5.78. The average molecular weight is 426 g/mol. The molecule has 0 aliphatic heterocycles. The molecule has 3 nitrogen and oxygen atoms in total. The van der Waals surface area contributed by atoms with Gasteiger partial charge in [0.25, 0.3) is 0 Å². The molecule has 1 unspecified atom stereocenters. The first-order valence-electron chi connectivity index (χ1n) is 12.6. The van der Waals surface area contributed by atoms with E-state index in [-0.39, 0.29) is 11.4 Å². The Balaban J connectivity index is 1.63. The molecule has 5 atom stereocenters. The van der Waals surface area contributed by atoms with Gasteiger partial charge in [0.2, 0.25) is 0 Å². The lowest BCUT2D eigenvalue weighted by Gasteiger charge is -2.61. The Hall–Kier alpha value is -1.35. The molecule has 0 saturated heterocycles. The van der Waals surface area contributed by atoms with E-state index in [1.807, 2.05) is 0 Å². The summed E-state index contributed by atoms with van der Waals surface area (Å²) in [4.78, 5) is 12.5. The van der Waals surface area contributed by atoms with Crippen molar-refractivity contribution in [1.29, 1.82) is 0 Å². The summed E-state index contributed by atoms with van der Waals surface area (Å²) >= 11 is 0. The fraction of sp³-hybridized carbons (Fsp3) is 0.750. The van der Waals surface area contributed by atoms with E-state index < -0.39 is 6.04 Å². The Bertz CT molecular complexity index is 859. The molecule has 0 amide bonds. The molecule has 0 radical (unpaired) electrons. The van der Waals surface area contributed by atoms with Gasteiger partial charge >= 0.3 is 5.97 Å². The number of carbonyl (C=O) groups is 1. The van der Waals surface area contributed by atoms with Gasteiger partial charge in [-0.05, 0) is 102 Å². The van der Waals surface area contributed by atoms with Crippen LogP contribution in [0.25, 0.3) is 0 Å². The molecule has 3 heteroatoms. The Morgan fingerprint density at radius 1 is 1.16 bits per heavy atom. The number of aryl methyl sites for hydroxylation is 1. The first kappa shape index (κ1) is 22.8. The third-order valence-electron chi connectivity index (χ3n) is 9.57. The summed E-state index contributed by atoms with van der Waals surface area (Å²) < 4.78 is 5.77. The first-order chi connectivity index (χ1) is 14.5. The standard InChI is InChI=1S/C28H43NO2/c1-7-8-10-21(29)25(30)31-20-15-18(2)24-19(16-20)17-23-27(5)13-9-12-26(3,4)22(27)11-14-28(23,24)6/h15-16,21-23H,7-14,17,29H2,1-6H3/t21?,22-,23-,27-,28+/m0/s1. The van der Waals surface area contributed by atoms with E-state index in [9.17, 15) is 4.79 Å². The molecule has 0 spiro atoms. The second-order valence-electron chi connectivity index (χ2n) is 12.1. The van der Waals surface area contributed by atoms with Crippen molar-refractivity contribution >= 4 is 5.97 Å². The molecule has 31 heavy (non-hydrogen) atoms. The number of esters is 1. The molecule has 0 aromatic heterocycles. The van der Waals surface area contributed by atoms with Crippen LogP contribution in [0.4, 0.5) is 0 Å². The van der Waals surface area contributed by atoms with E-state index in [4.69, 9.17) is 10.5 Å². The van der Waals surface area contributed by atoms with Crippen LogP contribution in [0, 0.1) is 29.6 Å². The topological polar surface area (TPSA) is 52.3 Å². The Morgan fingerprint density at radius 3 is 2.61 bits per heavy atom. The van der Waals surface area contributed by atoms with Crippen LogP contribution in [0.15, 0.2) is 12.1 Å². The number of carbonyl (C=O) groups excluding carboxylic acids is 1. The van der Waals surface area contributed by atoms with Gasteiger partial charge in [-0.25, -0.2) is 4.79 Å². The highest BCUT2D eigenvalue weighted by Gasteiger charge is 2.61. The van der Waals surface area contributed by atoms with Crippen molar-refractivity contribution in [1.82, 2.24) is 0 Å². The molecule has 3 aliphatic carbocycles. The molecule has 2 saturated carbocycles. The van der Waals surface area contributed by atoms with Crippen LogP contribution in [0.2, 0.25) is 0 Å². The minimum Gasteiger partial charge on any atom is -0.425 e. The lowest BCUT2D eigenvalue weighted by Crippen LogP contribution is -2.55. The van der Waals surface area contributed by atoms with Crippen molar-refractivity contribution in [3.8, 4) is 5.75 Å². The van der Waals surface area contributed by atoms with Crippen molar-refractivity contribution < 1.29 is 9.53 Å². The SMILES string of the molecule is CCCCC(N)C(=O)Oc1cc(C)c2c(c1)C[C@H]1[C@@]3(C)CCCC(C)(C)[C@@H]3CC[C@@]21C. The van der Waals surface area contributed by atoms with Gasteiger partial charge in [-0.1, -0.05) is 53.9 Å². The van der Waals surface area contributed by atoms with Gasteiger partial charge < -0.3 is 10.5 Å². The Labute approximate surface area is 189 Å². The van der Waals surface area contributed by atoms with Gasteiger partial charge in [-0.3, -0.25) is 0 Å². The molecule has 1 aromatic rings. The number of ether oxygens (including phenoxy) is 1. The summed E-state index contributed by atoms with van der Waals surface area (Å²) in [6.45, 7) is 14.4. The van der Waals surface area contributed by atoms with Crippen LogP contribution in [-0.4, -0.2) is 12.0 Å². The van der Waals surface area contributed by atoms with Crippen LogP contribution in [0.3, 0.4) is 0 Å². The zero-order chi connectivity index (χ0) is 22.6. The zero-order valence-corrected chi connectivity index (χ0v) is 20.6. The number of rotatable bonds is 5. The third kappa shape index (κ3) is 3.65. The number of nitrogens with two attached hydrogens (primary N) is 1. The fourth-order valence-electron chi connectivity index (χ4n) is 8.22.